The van der Waals surface area contributed by atoms with Crippen molar-refractivity contribution in [3.8, 4) is 0 Å². The summed E-state index contributed by atoms with van der Waals surface area (Å²) in [4.78, 5) is 0. The lowest BCUT2D eigenvalue weighted by Crippen LogP contribution is -2.12. The zero-order valence-electron chi connectivity index (χ0n) is 7.20. The van der Waals surface area contributed by atoms with Gasteiger partial charge in [-0.3, -0.25) is 0 Å². The van der Waals surface area contributed by atoms with E-state index in [1.54, 1.807) is 13.0 Å². The van der Waals surface area contributed by atoms with Crippen molar-refractivity contribution in [1.82, 2.24) is 0 Å². The van der Waals surface area contributed by atoms with E-state index in [1.165, 1.54) is 26.0 Å². The smallest absolute Gasteiger partial charge is 0.126 e. The minimum atomic E-state index is -1.30. The standard InChI is InChI=1S/C9H14F2/c1-8(9(2,3)11)6-4-5-7-10/h4-6H,7H2,1-3H3/b5-4-,8-6-. The molecular formula is C9H14F2. The Morgan fingerprint density at radius 3 is 2.36 bits per heavy atom. The van der Waals surface area contributed by atoms with Gasteiger partial charge in [-0.2, -0.15) is 0 Å². The van der Waals surface area contributed by atoms with Crippen LogP contribution in [0, 0.1) is 0 Å². The predicted octanol–water partition coefficient (Wildman–Crippen LogP) is 3.21. The van der Waals surface area contributed by atoms with Crippen LogP contribution >= 0.6 is 0 Å². The van der Waals surface area contributed by atoms with Crippen LogP contribution in [0.1, 0.15) is 20.8 Å². The summed E-state index contributed by atoms with van der Waals surface area (Å²) in [6.07, 6.45) is 4.45. The third-order valence-corrected chi connectivity index (χ3v) is 1.51. The molecule has 0 aromatic carbocycles. The van der Waals surface area contributed by atoms with Crippen LogP contribution in [0.5, 0.6) is 0 Å². The Bertz CT molecular complexity index is 161. The lowest BCUT2D eigenvalue weighted by atomic mass is 10.0. The highest BCUT2D eigenvalue weighted by molar-refractivity contribution is 5.17. The summed E-state index contributed by atoms with van der Waals surface area (Å²) in [5.41, 5.74) is -0.706. The third kappa shape index (κ3) is 4.71. The molecule has 64 valence electrons. The molecule has 11 heavy (non-hydrogen) atoms. The Hall–Kier alpha value is -0.660. The van der Waals surface area contributed by atoms with Gasteiger partial charge >= 0.3 is 0 Å². The molecule has 0 nitrogen and oxygen atoms in total. The van der Waals surface area contributed by atoms with Crippen LogP contribution in [-0.4, -0.2) is 12.3 Å². The van der Waals surface area contributed by atoms with E-state index >= 15 is 0 Å². The number of alkyl halides is 2. The van der Waals surface area contributed by atoms with Crippen molar-refractivity contribution in [2.24, 2.45) is 0 Å². The first-order valence-electron chi connectivity index (χ1n) is 3.57. The first-order chi connectivity index (χ1) is 4.98. The number of hydrogen-bond donors (Lipinski definition) is 0. The maximum Gasteiger partial charge on any atom is 0.126 e. The van der Waals surface area contributed by atoms with Crippen LogP contribution in [-0.2, 0) is 0 Å². The molecule has 0 fully saturated rings. The maximum atomic E-state index is 13.0. The zero-order valence-corrected chi connectivity index (χ0v) is 7.20. The molecule has 0 aliphatic carbocycles. The number of halogens is 2. The normalized spacial score (nSPS) is 14.5. The second kappa shape index (κ2) is 4.27. The van der Waals surface area contributed by atoms with Gasteiger partial charge in [0.05, 0.1) is 0 Å². The third-order valence-electron chi connectivity index (χ3n) is 1.51. The molecule has 0 aliphatic rings. The van der Waals surface area contributed by atoms with Crippen molar-refractivity contribution in [3.63, 3.8) is 0 Å². The molecule has 0 bridgehead atoms. The van der Waals surface area contributed by atoms with Gasteiger partial charge < -0.3 is 0 Å². The largest absolute Gasteiger partial charge is 0.247 e. The van der Waals surface area contributed by atoms with Crippen LogP contribution in [0.25, 0.3) is 0 Å². The van der Waals surface area contributed by atoms with Crippen molar-refractivity contribution >= 4 is 0 Å². The molecule has 0 N–H and O–H groups in total. The van der Waals surface area contributed by atoms with E-state index in [9.17, 15) is 8.78 Å². The molecule has 0 aromatic rings. The second-order valence-corrected chi connectivity index (χ2v) is 2.90. The summed E-state index contributed by atoms with van der Waals surface area (Å²) >= 11 is 0. The van der Waals surface area contributed by atoms with Crippen molar-refractivity contribution in [3.05, 3.63) is 23.8 Å². The maximum absolute atomic E-state index is 13.0. The average molecular weight is 160 g/mol. The van der Waals surface area contributed by atoms with Crippen LogP contribution in [0.15, 0.2) is 23.8 Å². The van der Waals surface area contributed by atoms with E-state index in [4.69, 9.17) is 0 Å². The molecule has 2 heteroatoms. The van der Waals surface area contributed by atoms with E-state index in [0.717, 1.165) is 0 Å². The van der Waals surface area contributed by atoms with Crippen LogP contribution in [0.4, 0.5) is 8.78 Å². The Balaban J connectivity index is 4.12. The lowest BCUT2D eigenvalue weighted by Gasteiger charge is -2.13. The van der Waals surface area contributed by atoms with E-state index in [0.29, 0.717) is 5.57 Å². The SMILES string of the molecule is C/C(=C/C=C\CF)C(C)(C)F. The van der Waals surface area contributed by atoms with Gasteiger partial charge in [0.25, 0.3) is 0 Å². The fraction of sp³-hybridized carbons (Fsp3) is 0.556. The fourth-order valence-corrected chi connectivity index (χ4v) is 0.462. The topological polar surface area (TPSA) is 0 Å². The molecular weight excluding hydrogens is 146 g/mol. The van der Waals surface area contributed by atoms with Gasteiger partial charge in [0.1, 0.15) is 12.3 Å². The van der Waals surface area contributed by atoms with E-state index in [-0.39, 0.29) is 0 Å². The molecule has 0 aromatic heterocycles. The van der Waals surface area contributed by atoms with Gasteiger partial charge in [-0.05, 0) is 26.3 Å². The molecule has 0 saturated carbocycles. The van der Waals surface area contributed by atoms with Crippen molar-refractivity contribution in [2.75, 3.05) is 6.67 Å². The van der Waals surface area contributed by atoms with Gasteiger partial charge in [0, 0.05) is 0 Å². The van der Waals surface area contributed by atoms with Crippen molar-refractivity contribution < 1.29 is 8.78 Å². The second-order valence-electron chi connectivity index (χ2n) is 2.90. The van der Waals surface area contributed by atoms with Crippen LogP contribution in [0.2, 0.25) is 0 Å². The summed E-state index contributed by atoms with van der Waals surface area (Å²) in [5.74, 6) is 0. The van der Waals surface area contributed by atoms with Crippen LogP contribution < -0.4 is 0 Å². The highest BCUT2D eigenvalue weighted by Crippen LogP contribution is 2.19. The molecule has 0 rings (SSSR count). The quantitative estimate of drug-likeness (QED) is 0.556. The number of rotatable bonds is 3. The Morgan fingerprint density at radius 2 is 2.00 bits per heavy atom. The Morgan fingerprint density at radius 1 is 1.45 bits per heavy atom. The molecule has 0 saturated heterocycles. The molecule has 0 aliphatic heterocycles. The van der Waals surface area contributed by atoms with Crippen molar-refractivity contribution in [2.45, 2.75) is 26.4 Å². The van der Waals surface area contributed by atoms with Gasteiger partial charge in [0.15, 0.2) is 0 Å². The average Bonchev–Trinajstić information content (AvgIpc) is 1.86. The monoisotopic (exact) mass is 160 g/mol. The van der Waals surface area contributed by atoms with Gasteiger partial charge in [0.2, 0.25) is 0 Å². The minimum Gasteiger partial charge on any atom is -0.247 e. The molecule has 0 amide bonds. The van der Waals surface area contributed by atoms with Crippen LogP contribution in [0.3, 0.4) is 0 Å². The summed E-state index contributed by atoms with van der Waals surface area (Å²) in [5, 5.41) is 0. The number of allylic oxidation sites excluding steroid dienone is 4. The number of hydrogen-bond acceptors (Lipinski definition) is 0. The highest BCUT2D eigenvalue weighted by atomic mass is 19.1. The first kappa shape index (κ1) is 10.3. The zero-order chi connectivity index (χ0) is 8.91. The van der Waals surface area contributed by atoms with Crippen molar-refractivity contribution in [1.29, 1.82) is 0 Å². The fourth-order valence-electron chi connectivity index (χ4n) is 0.462. The molecule has 0 unspecified atom stereocenters. The highest BCUT2D eigenvalue weighted by Gasteiger charge is 2.16. The first-order valence-corrected chi connectivity index (χ1v) is 3.57. The van der Waals surface area contributed by atoms with E-state index in [1.807, 2.05) is 0 Å². The lowest BCUT2D eigenvalue weighted by molar-refractivity contribution is 0.268. The van der Waals surface area contributed by atoms with E-state index in [2.05, 4.69) is 0 Å². The minimum absolute atomic E-state index is 0.503. The Labute approximate surface area is 66.6 Å². The summed E-state index contributed by atoms with van der Waals surface area (Å²) in [6.45, 7) is 4.13. The van der Waals surface area contributed by atoms with Gasteiger partial charge in [-0.15, -0.1) is 0 Å². The van der Waals surface area contributed by atoms with Gasteiger partial charge in [-0.25, -0.2) is 8.78 Å². The summed E-state index contributed by atoms with van der Waals surface area (Å²) in [6, 6.07) is 0. The summed E-state index contributed by atoms with van der Waals surface area (Å²) in [7, 11) is 0. The Kier molecular flexibility index (Phi) is 4.01. The molecule has 0 spiro atoms. The van der Waals surface area contributed by atoms with E-state index < -0.39 is 12.3 Å². The van der Waals surface area contributed by atoms with Gasteiger partial charge in [-0.1, -0.05) is 18.2 Å². The predicted molar refractivity (Wildman–Crippen MR) is 44.1 cm³/mol. The summed E-state index contributed by atoms with van der Waals surface area (Å²) < 4.78 is 24.5. The molecule has 0 heterocycles. The molecule has 0 atom stereocenters. The molecule has 0 radical (unpaired) electrons.